The first kappa shape index (κ1) is 14.9. The lowest BCUT2D eigenvalue weighted by molar-refractivity contribution is -0.137. The van der Waals surface area contributed by atoms with Crippen LogP contribution in [-0.2, 0) is 24.3 Å². The smallest absolute Gasteiger partial charge is 0.322 e. The Hall–Kier alpha value is -1.19. The first-order chi connectivity index (χ1) is 8.44. The maximum absolute atomic E-state index is 11.7. The van der Waals surface area contributed by atoms with Crippen LogP contribution in [0.5, 0.6) is 0 Å². The predicted molar refractivity (Wildman–Crippen MR) is 63.3 cm³/mol. The molecule has 2 N–H and O–H groups in total. The predicted octanol–water partition coefficient (Wildman–Crippen LogP) is -2.49. The van der Waals surface area contributed by atoms with Crippen LogP contribution in [0.15, 0.2) is 0 Å². The molecule has 104 valence electrons. The highest BCUT2D eigenvalue weighted by Gasteiger charge is 2.21. The van der Waals surface area contributed by atoms with E-state index < -0.39 is 21.7 Å². The number of methoxy groups -OCH3 is 1. The number of amides is 1. The number of carbonyl (C=O) groups excluding carboxylic acids is 2. The summed E-state index contributed by atoms with van der Waals surface area (Å²) >= 11 is 0. The number of piperazine rings is 1. The zero-order valence-corrected chi connectivity index (χ0v) is 11.0. The first-order valence-corrected chi connectivity index (χ1v) is 7.12. The molecule has 0 aromatic heterocycles. The Morgan fingerprint density at radius 3 is 2.50 bits per heavy atom. The monoisotopic (exact) mass is 279 g/mol. The summed E-state index contributed by atoms with van der Waals surface area (Å²) in [4.78, 5) is 24.1. The fourth-order valence-electron chi connectivity index (χ4n) is 1.46. The molecule has 1 fully saturated rings. The van der Waals surface area contributed by atoms with Crippen molar-refractivity contribution in [2.75, 3.05) is 45.6 Å². The van der Waals surface area contributed by atoms with Gasteiger partial charge in [0, 0.05) is 26.2 Å². The quantitative estimate of drug-likeness (QED) is 0.540. The van der Waals surface area contributed by atoms with Crippen molar-refractivity contribution < 1.29 is 22.7 Å². The molecule has 18 heavy (non-hydrogen) atoms. The molecule has 1 amide bonds. The topological polar surface area (TPSA) is 105 Å². The van der Waals surface area contributed by atoms with Crippen LogP contribution in [0.3, 0.4) is 0 Å². The number of esters is 1. The van der Waals surface area contributed by atoms with Crippen LogP contribution in [0.4, 0.5) is 0 Å². The zero-order valence-electron chi connectivity index (χ0n) is 10.1. The van der Waals surface area contributed by atoms with Crippen molar-refractivity contribution in [1.82, 2.24) is 14.9 Å². The summed E-state index contributed by atoms with van der Waals surface area (Å²) in [5.74, 6) is -1.94. The maximum atomic E-state index is 11.7. The Labute approximate surface area is 106 Å². The molecule has 0 atom stereocenters. The van der Waals surface area contributed by atoms with Gasteiger partial charge in [0.05, 0.1) is 13.7 Å². The highest BCUT2D eigenvalue weighted by Crippen LogP contribution is 1.94. The molecule has 1 aliphatic rings. The fraction of sp³-hybridized carbons (Fsp3) is 0.778. The molecule has 1 aliphatic heterocycles. The third-order valence-corrected chi connectivity index (χ3v) is 3.65. The molecule has 1 saturated heterocycles. The van der Waals surface area contributed by atoms with E-state index in [0.29, 0.717) is 26.2 Å². The van der Waals surface area contributed by atoms with Gasteiger partial charge in [-0.15, -0.1) is 0 Å². The van der Waals surface area contributed by atoms with Crippen molar-refractivity contribution in [1.29, 1.82) is 0 Å². The van der Waals surface area contributed by atoms with E-state index in [1.807, 2.05) is 0 Å². The van der Waals surface area contributed by atoms with E-state index in [-0.39, 0.29) is 12.5 Å². The van der Waals surface area contributed by atoms with E-state index >= 15 is 0 Å². The number of ether oxygens (including phenoxy) is 1. The third kappa shape index (κ3) is 4.98. The molecule has 0 aliphatic carbocycles. The molecule has 0 radical (unpaired) electrons. The van der Waals surface area contributed by atoms with Gasteiger partial charge in [0.15, 0.2) is 5.75 Å². The Balaban J connectivity index is 2.39. The number of hydrogen-bond donors (Lipinski definition) is 2. The van der Waals surface area contributed by atoms with Crippen molar-refractivity contribution in [3.63, 3.8) is 0 Å². The molecular formula is C9H17N3O5S. The second-order valence-electron chi connectivity index (χ2n) is 3.79. The number of hydrogen-bond acceptors (Lipinski definition) is 6. The van der Waals surface area contributed by atoms with Crippen LogP contribution >= 0.6 is 0 Å². The second-order valence-corrected chi connectivity index (χ2v) is 5.59. The second kappa shape index (κ2) is 6.66. The van der Waals surface area contributed by atoms with Crippen LogP contribution in [0.1, 0.15) is 0 Å². The molecule has 8 nitrogen and oxygen atoms in total. The summed E-state index contributed by atoms with van der Waals surface area (Å²) < 4.78 is 29.1. The number of nitrogens with zero attached hydrogens (tertiary/aromatic N) is 1. The summed E-state index contributed by atoms with van der Waals surface area (Å²) in [6, 6.07) is 0. The largest absolute Gasteiger partial charge is 0.468 e. The third-order valence-electron chi connectivity index (χ3n) is 2.45. The fourth-order valence-corrected chi connectivity index (χ4v) is 2.34. The van der Waals surface area contributed by atoms with E-state index in [9.17, 15) is 18.0 Å². The van der Waals surface area contributed by atoms with Crippen LogP contribution in [0.2, 0.25) is 0 Å². The number of rotatable bonds is 5. The van der Waals surface area contributed by atoms with Gasteiger partial charge in [0.1, 0.15) is 0 Å². The van der Waals surface area contributed by atoms with Gasteiger partial charge in [0.25, 0.3) is 0 Å². The average molecular weight is 279 g/mol. The van der Waals surface area contributed by atoms with Gasteiger partial charge in [-0.05, 0) is 0 Å². The minimum absolute atomic E-state index is 0.301. The molecule has 1 rings (SSSR count). The van der Waals surface area contributed by atoms with Crippen LogP contribution in [0.25, 0.3) is 0 Å². The van der Waals surface area contributed by atoms with Gasteiger partial charge in [-0.2, -0.15) is 0 Å². The molecule has 0 aromatic carbocycles. The summed E-state index contributed by atoms with van der Waals surface area (Å²) in [5, 5.41) is 3.08. The van der Waals surface area contributed by atoms with Crippen molar-refractivity contribution in [3.05, 3.63) is 0 Å². The SMILES string of the molecule is COC(=O)CS(=O)(=O)NCC(=O)N1CCNCC1. The summed E-state index contributed by atoms with van der Waals surface area (Å²) in [7, 11) is -2.71. The number of nitrogens with one attached hydrogen (secondary N) is 2. The standard InChI is InChI=1S/C9H17N3O5S/c1-17-9(14)7-18(15,16)11-6-8(13)12-4-2-10-3-5-12/h10-11H,2-7H2,1H3. The number of carbonyl (C=O) groups is 2. The summed E-state index contributed by atoms with van der Waals surface area (Å²) in [6.45, 7) is 2.16. The van der Waals surface area contributed by atoms with Crippen LogP contribution in [-0.4, -0.2) is 70.8 Å². The molecule has 1 heterocycles. The molecule has 0 bridgehead atoms. The van der Waals surface area contributed by atoms with E-state index in [1.54, 1.807) is 4.90 Å². The summed E-state index contributed by atoms with van der Waals surface area (Å²) in [6.07, 6.45) is 0. The van der Waals surface area contributed by atoms with Gasteiger partial charge in [-0.25, -0.2) is 13.1 Å². The van der Waals surface area contributed by atoms with Crippen molar-refractivity contribution in [2.24, 2.45) is 0 Å². The van der Waals surface area contributed by atoms with Crippen molar-refractivity contribution >= 4 is 21.9 Å². The Morgan fingerprint density at radius 2 is 1.94 bits per heavy atom. The highest BCUT2D eigenvalue weighted by molar-refractivity contribution is 7.90. The Morgan fingerprint density at radius 1 is 1.33 bits per heavy atom. The first-order valence-electron chi connectivity index (χ1n) is 5.47. The molecule has 0 saturated carbocycles. The van der Waals surface area contributed by atoms with Gasteiger partial charge >= 0.3 is 5.97 Å². The summed E-state index contributed by atoms with van der Waals surface area (Å²) in [5.41, 5.74) is 0. The van der Waals surface area contributed by atoms with Gasteiger partial charge in [0.2, 0.25) is 15.9 Å². The molecule has 9 heteroatoms. The molecule has 0 spiro atoms. The van der Waals surface area contributed by atoms with Gasteiger partial charge in [-0.1, -0.05) is 0 Å². The average Bonchev–Trinajstić information content (AvgIpc) is 2.36. The van der Waals surface area contributed by atoms with E-state index in [0.717, 1.165) is 7.11 Å². The molecule has 0 aromatic rings. The normalized spacial score (nSPS) is 16.4. The lowest BCUT2D eigenvalue weighted by atomic mass is 10.3. The lowest BCUT2D eigenvalue weighted by Gasteiger charge is -2.27. The highest BCUT2D eigenvalue weighted by atomic mass is 32.2. The van der Waals surface area contributed by atoms with E-state index in [1.165, 1.54) is 0 Å². The minimum Gasteiger partial charge on any atom is -0.468 e. The molecule has 0 unspecified atom stereocenters. The van der Waals surface area contributed by atoms with Gasteiger partial charge < -0.3 is 15.0 Å². The van der Waals surface area contributed by atoms with Gasteiger partial charge in [-0.3, -0.25) is 9.59 Å². The lowest BCUT2D eigenvalue weighted by Crippen LogP contribution is -2.49. The van der Waals surface area contributed by atoms with E-state index in [4.69, 9.17) is 0 Å². The maximum Gasteiger partial charge on any atom is 0.322 e. The van der Waals surface area contributed by atoms with Crippen LogP contribution in [0, 0.1) is 0 Å². The van der Waals surface area contributed by atoms with E-state index in [2.05, 4.69) is 14.8 Å². The Kier molecular flexibility index (Phi) is 5.51. The molecular weight excluding hydrogens is 262 g/mol. The minimum atomic E-state index is -3.81. The zero-order chi connectivity index (χ0) is 13.6. The number of sulfonamides is 1. The van der Waals surface area contributed by atoms with Crippen molar-refractivity contribution in [3.8, 4) is 0 Å². The Bertz CT molecular complexity index is 402. The van der Waals surface area contributed by atoms with Crippen LogP contribution < -0.4 is 10.0 Å². The van der Waals surface area contributed by atoms with Crippen molar-refractivity contribution in [2.45, 2.75) is 0 Å².